The number of aliphatic hydroxyl groups is 2. The first-order valence-electron chi connectivity index (χ1n) is 2.84. The van der Waals surface area contributed by atoms with E-state index in [0.29, 0.717) is 0 Å². The van der Waals surface area contributed by atoms with Crippen LogP contribution in [0.15, 0.2) is 0 Å². The molecule has 60 valence electrons. The van der Waals surface area contributed by atoms with Crippen LogP contribution in [0.3, 0.4) is 0 Å². The molecule has 0 aliphatic heterocycles. The van der Waals surface area contributed by atoms with Crippen molar-refractivity contribution in [1.82, 2.24) is 5.32 Å². The van der Waals surface area contributed by atoms with E-state index in [0.717, 1.165) is 0 Å². The van der Waals surface area contributed by atoms with Crippen LogP contribution in [0.1, 0.15) is 0 Å². The van der Waals surface area contributed by atoms with E-state index >= 15 is 0 Å². The van der Waals surface area contributed by atoms with E-state index in [4.69, 9.17) is 10.2 Å². The lowest BCUT2D eigenvalue weighted by atomic mass is 10.4. The average Bonchev–Trinajstić information content (AvgIpc) is 1.99. The van der Waals surface area contributed by atoms with Crippen LogP contribution in [0, 0.1) is 0 Å². The van der Waals surface area contributed by atoms with E-state index in [9.17, 15) is 4.79 Å². The molecule has 0 fully saturated rings. The van der Waals surface area contributed by atoms with E-state index < -0.39 is 18.8 Å². The number of amides is 1. The first-order valence-corrected chi connectivity index (χ1v) is 2.84. The zero-order valence-corrected chi connectivity index (χ0v) is 5.70. The number of alkyl carbamates (subject to hydrolysis) is 1. The molecule has 0 heterocycles. The van der Waals surface area contributed by atoms with Gasteiger partial charge in [0.25, 0.3) is 0 Å². The number of nitrogens with one attached hydrogen (secondary N) is 1. The number of carbonyl (C=O) groups is 1. The average molecular weight is 149 g/mol. The Morgan fingerprint density at radius 1 is 1.80 bits per heavy atom. The molecule has 5 heteroatoms. The Kier molecular flexibility index (Phi) is 4.61. The minimum Gasteiger partial charge on any atom is -0.447 e. The van der Waals surface area contributed by atoms with Crippen LogP contribution in [-0.2, 0) is 4.74 Å². The lowest BCUT2D eigenvalue weighted by Gasteiger charge is -2.06. The molecule has 0 aliphatic rings. The molecule has 0 spiro atoms. The zero-order valence-electron chi connectivity index (χ0n) is 5.70. The maximum absolute atomic E-state index is 10.3. The van der Waals surface area contributed by atoms with Crippen LogP contribution in [0.25, 0.3) is 0 Å². The van der Waals surface area contributed by atoms with Crippen LogP contribution < -0.4 is 5.32 Å². The van der Waals surface area contributed by atoms with E-state index in [1.807, 2.05) is 0 Å². The summed E-state index contributed by atoms with van der Waals surface area (Å²) in [6.07, 6.45) is -1.61. The van der Waals surface area contributed by atoms with E-state index in [1.54, 1.807) is 0 Å². The molecule has 3 N–H and O–H groups in total. The van der Waals surface area contributed by atoms with Gasteiger partial charge in [0.2, 0.25) is 0 Å². The summed E-state index contributed by atoms with van der Waals surface area (Å²) in [6, 6.07) is 0. The third kappa shape index (κ3) is 4.11. The molecule has 0 saturated heterocycles. The van der Waals surface area contributed by atoms with E-state index in [2.05, 4.69) is 10.1 Å². The second-order valence-corrected chi connectivity index (χ2v) is 1.68. The normalized spacial score (nSPS) is 12.3. The maximum atomic E-state index is 10.3. The number of rotatable bonds is 3. The fraction of sp³-hybridized carbons (Fsp3) is 0.800. The van der Waals surface area contributed by atoms with Crippen molar-refractivity contribution in [2.24, 2.45) is 0 Å². The number of hydrogen-bond acceptors (Lipinski definition) is 4. The monoisotopic (exact) mass is 149 g/mol. The molecule has 0 unspecified atom stereocenters. The Balaban J connectivity index is 3.26. The van der Waals surface area contributed by atoms with Gasteiger partial charge in [-0.25, -0.2) is 4.79 Å². The highest BCUT2D eigenvalue weighted by Crippen LogP contribution is 1.83. The van der Waals surface area contributed by atoms with Crippen LogP contribution in [0.2, 0.25) is 0 Å². The van der Waals surface area contributed by atoms with Crippen molar-refractivity contribution in [3.05, 3.63) is 0 Å². The van der Waals surface area contributed by atoms with Crippen molar-refractivity contribution >= 4 is 6.09 Å². The minimum atomic E-state index is -0.989. The number of carbonyl (C=O) groups excluding carboxylic acids is 1. The molecule has 0 saturated carbocycles. The molecule has 5 nitrogen and oxygen atoms in total. The van der Waals surface area contributed by atoms with Crippen molar-refractivity contribution in [2.45, 2.75) is 6.10 Å². The van der Waals surface area contributed by atoms with Gasteiger partial charge in [-0.05, 0) is 0 Å². The summed E-state index contributed by atoms with van der Waals surface area (Å²) in [5, 5.41) is 19.1. The Morgan fingerprint density at radius 3 is 2.80 bits per heavy atom. The van der Waals surface area contributed by atoms with Crippen LogP contribution >= 0.6 is 0 Å². The summed E-state index contributed by atoms with van der Waals surface area (Å²) >= 11 is 0. The van der Waals surface area contributed by atoms with Crippen molar-refractivity contribution in [3.63, 3.8) is 0 Å². The lowest BCUT2D eigenvalue weighted by molar-refractivity contribution is 0.0327. The molecule has 0 aromatic carbocycles. The van der Waals surface area contributed by atoms with Crippen molar-refractivity contribution in [1.29, 1.82) is 0 Å². The molecular weight excluding hydrogens is 138 g/mol. The topological polar surface area (TPSA) is 78.8 Å². The van der Waals surface area contributed by atoms with Crippen LogP contribution in [0.5, 0.6) is 0 Å². The lowest BCUT2D eigenvalue weighted by Crippen LogP contribution is -2.26. The molecule has 0 rings (SSSR count). The van der Waals surface area contributed by atoms with E-state index in [-0.39, 0.29) is 6.61 Å². The van der Waals surface area contributed by atoms with Gasteiger partial charge in [0, 0.05) is 7.05 Å². The highest BCUT2D eigenvalue weighted by Gasteiger charge is 2.04. The van der Waals surface area contributed by atoms with Crippen molar-refractivity contribution in [2.75, 3.05) is 20.3 Å². The molecule has 0 aromatic rings. The number of aliphatic hydroxyl groups excluding tert-OH is 2. The predicted octanol–water partition coefficient (Wildman–Crippen LogP) is -1.30. The predicted molar refractivity (Wildman–Crippen MR) is 33.5 cm³/mol. The molecule has 0 radical (unpaired) electrons. The summed E-state index contributed by atoms with van der Waals surface area (Å²) < 4.78 is 4.38. The minimum absolute atomic E-state index is 0.184. The Hall–Kier alpha value is -0.810. The van der Waals surface area contributed by atoms with Crippen LogP contribution in [0.4, 0.5) is 4.79 Å². The standard InChI is InChI=1S/C5H11NO4/c1-6-5(9)10-3-4(8)2-7/h4,7-8H,2-3H2,1H3,(H,6,9)/t4-/m1/s1. The van der Waals surface area contributed by atoms with Gasteiger partial charge >= 0.3 is 6.09 Å². The van der Waals surface area contributed by atoms with Gasteiger partial charge in [0.1, 0.15) is 12.7 Å². The summed E-state index contributed by atoms with van der Waals surface area (Å²) in [6.45, 7) is -0.590. The molecule has 0 bridgehead atoms. The van der Waals surface area contributed by atoms with Crippen molar-refractivity contribution < 1.29 is 19.7 Å². The van der Waals surface area contributed by atoms with Gasteiger partial charge in [-0.1, -0.05) is 0 Å². The summed E-state index contributed by atoms with van der Waals surface area (Å²) in [5.41, 5.74) is 0. The summed E-state index contributed by atoms with van der Waals surface area (Å²) in [4.78, 5) is 10.3. The molecule has 0 aliphatic carbocycles. The zero-order chi connectivity index (χ0) is 7.98. The van der Waals surface area contributed by atoms with Crippen molar-refractivity contribution in [3.8, 4) is 0 Å². The number of hydrogen-bond donors (Lipinski definition) is 3. The second-order valence-electron chi connectivity index (χ2n) is 1.68. The third-order valence-electron chi connectivity index (χ3n) is 0.822. The Bertz CT molecular complexity index is 106. The fourth-order valence-corrected chi connectivity index (χ4v) is 0.297. The summed E-state index contributed by atoms with van der Waals surface area (Å²) in [7, 11) is 1.41. The van der Waals surface area contributed by atoms with Gasteiger partial charge < -0.3 is 20.3 Å². The first-order chi connectivity index (χ1) is 4.70. The van der Waals surface area contributed by atoms with Crippen LogP contribution in [-0.4, -0.2) is 42.7 Å². The van der Waals surface area contributed by atoms with Gasteiger partial charge in [-0.15, -0.1) is 0 Å². The summed E-state index contributed by atoms with van der Waals surface area (Å²) in [5.74, 6) is 0. The smallest absolute Gasteiger partial charge is 0.406 e. The van der Waals surface area contributed by atoms with Gasteiger partial charge in [0.05, 0.1) is 6.61 Å². The largest absolute Gasteiger partial charge is 0.447 e. The van der Waals surface area contributed by atoms with E-state index in [1.165, 1.54) is 7.05 Å². The maximum Gasteiger partial charge on any atom is 0.406 e. The molecule has 1 amide bonds. The van der Waals surface area contributed by atoms with Gasteiger partial charge in [-0.2, -0.15) is 0 Å². The highest BCUT2D eigenvalue weighted by molar-refractivity contribution is 5.66. The SMILES string of the molecule is CNC(=O)OC[C@H](O)CO. The quantitative estimate of drug-likeness (QED) is 0.466. The highest BCUT2D eigenvalue weighted by atomic mass is 16.6. The molecular formula is C5H11NO4. The van der Waals surface area contributed by atoms with Gasteiger partial charge in [0.15, 0.2) is 0 Å². The first kappa shape index (κ1) is 9.19. The molecule has 10 heavy (non-hydrogen) atoms. The fourth-order valence-electron chi connectivity index (χ4n) is 0.297. The Labute approximate surface area is 58.6 Å². The number of ether oxygens (including phenoxy) is 1. The second kappa shape index (κ2) is 5.01. The molecule has 0 aromatic heterocycles. The molecule has 1 atom stereocenters. The van der Waals surface area contributed by atoms with Gasteiger partial charge in [-0.3, -0.25) is 0 Å². The Morgan fingerprint density at radius 2 is 2.40 bits per heavy atom. The third-order valence-corrected chi connectivity index (χ3v) is 0.822.